The molecular weight excluding hydrogens is 314 g/mol. The lowest BCUT2D eigenvalue weighted by atomic mass is 9.92. The van der Waals surface area contributed by atoms with Gasteiger partial charge in [-0.2, -0.15) is 5.06 Å². The van der Waals surface area contributed by atoms with Gasteiger partial charge in [0, 0.05) is 0 Å². The lowest BCUT2D eigenvalue weighted by Crippen LogP contribution is -2.52. The number of rotatable bonds is 7. The van der Waals surface area contributed by atoms with E-state index in [0.29, 0.717) is 12.5 Å². The predicted molar refractivity (Wildman–Crippen MR) is 105 cm³/mol. The van der Waals surface area contributed by atoms with Gasteiger partial charge in [-0.1, -0.05) is 65.0 Å². The molecule has 0 fully saturated rings. The van der Waals surface area contributed by atoms with Crippen molar-refractivity contribution >= 4 is 8.32 Å². The summed E-state index contributed by atoms with van der Waals surface area (Å²) >= 11 is 0. The van der Waals surface area contributed by atoms with E-state index in [1.165, 1.54) is 5.06 Å². The summed E-state index contributed by atoms with van der Waals surface area (Å²) in [6.45, 7) is 20.1. The van der Waals surface area contributed by atoms with Crippen LogP contribution in [0, 0.1) is 5.92 Å². The molecule has 24 heavy (non-hydrogen) atoms. The molecule has 0 aliphatic heterocycles. The van der Waals surface area contributed by atoms with E-state index in [-0.39, 0.29) is 11.1 Å². The summed E-state index contributed by atoms with van der Waals surface area (Å²) in [6.07, 6.45) is 0. The maximum atomic E-state index is 11.0. The quantitative estimate of drug-likeness (QED) is 0.492. The monoisotopic (exact) mass is 351 g/mol. The fraction of sp³-hybridized carbons (Fsp3) is 0.700. The molecule has 1 unspecified atom stereocenters. The minimum atomic E-state index is -1.84. The smallest absolute Gasteiger partial charge is 0.192 e. The Kier molecular flexibility index (Phi) is 6.84. The average Bonchev–Trinajstić information content (AvgIpc) is 2.45. The Balaban J connectivity index is 2.95. The molecule has 0 bridgehead atoms. The van der Waals surface area contributed by atoms with Crippen molar-refractivity contribution in [1.82, 2.24) is 5.06 Å². The molecule has 0 spiro atoms. The van der Waals surface area contributed by atoms with Crippen LogP contribution in [0.3, 0.4) is 0 Å². The average molecular weight is 352 g/mol. The normalized spacial score (nSPS) is 15.2. The molecule has 3 nitrogen and oxygen atoms in total. The zero-order valence-electron chi connectivity index (χ0n) is 17.1. The van der Waals surface area contributed by atoms with Crippen LogP contribution in [0.15, 0.2) is 30.3 Å². The summed E-state index contributed by atoms with van der Waals surface area (Å²) in [4.78, 5) is 0. The van der Waals surface area contributed by atoms with Crippen molar-refractivity contribution in [2.45, 2.75) is 78.2 Å². The van der Waals surface area contributed by atoms with Gasteiger partial charge in [0.2, 0.25) is 0 Å². The van der Waals surface area contributed by atoms with Gasteiger partial charge in [0.05, 0.1) is 18.2 Å². The van der Waals surface area contributed by atoms with Crippen LogP contribution in [0.1, 0.15) is 60.1 Å². The third kappa shape index (κ3) is 5.15. The summed E-state index contributed by atoms with van der Waals surface area (Å²) in [7, 11) is -1.84. The summed E-state index contributed by atoms with van der Waals surface area (Å²) in [5.41, 5.74) is 0.677. The van der Waals surface area contributed by atoms with Gasteiger partial charge in [0.25, 0.3) is 0 Å². The second-order valence-electron chi connectivity index (χ2n) is 9.31. The van der Waals surface area contributed by atoms with Crippen molar-refractivity contribution in [1.29, 1.82) is 0 Å². The Morgan fingerprint density at radius 1 is 1.04 bits per heavy atom. The van der Waals surface area contributed by atoms with Crippen LogP contribution >= 0.6 is 0 Å². The minimum absolute atomic E-state index is 0.0517. The Morgan fingerprint density at radius 2 is 1.54 bits per heavy atom. The largest absolute Gasteiger partial charge is 0.415 e. The molecule has 0 radical (unpaired) electrons. The van der Waals surface area contributed by atoms with Crippen molar-refractivity contribution in [3.8, 4) is 0 Å². The van der Waals surface area contributed by atoms with E-state index in [4.69, 9.17) is 4.43 Å². The highest BCUT2D eigenvalue weighted by Crippen LogP contribution is 2.38. The fourth-order valence-corrected chi connectivity index (χ4v) is 3.62. The van der Waals surface area contributed by atoms with Gasteiger partial charge in [-0.05, 0) is 43.5 Å². The highest BCUT2D eigenvalue weighted by molar-refractivity contribution is 6.74. The summed E-state index contributed by atoms with van der Waals surface area (Å²) < 4.78 is 6.38. The molecule has 1 aromatic carbocycles. The number of hydrogen-bond acceptors (Lipinski definition) is 3. The Bertz CT molecular complexity index is 506. The minimum Gasteiger partial charge on any atom is -0.415 e. The van der Waals surface area contributed by atoms with Gasteiger partial charge >= 0.3 is 0 Å². The van der Waals surface area contributed by atoms with Crippen molar-refractivity contribution in [2.75, 3.05) is 6.61 Å². The van der Waals surface area contributed by atoms with Gasteiger partial charge < -0.3 is 9.63 Å². The number of benzene rings is 1. The van der Waals surface area contributed by atoms with E-state index in [9.17, 15) is 5.21 Å². The van der Waals surface area contributed by atoms with Crippen LogP contribution in [0.2, 0.25) is 18.1 Å². The van der Waals surface area contributed by atoms with E-state index in [1.54, 1.807) is 0 Å². The van der Waals surface area contributed by atoms with Gasteiger partial charge in [-0.3, -0.25) is 0 Å². The number of hydrogen-bond donors (Lipinski definition) is 1. The maximum absolute atomic E-state index is 11.0. The summed E-state index contributed by atoms with van der Waals surface area (Å²) in [6, 6.07) is 10.2. The van der Waals surface area contributed by atoms with Crippen LogP contribution in [0.25, 0.3) is 0 Å². The molecule has 1 atom stereocenters. The number of nitrogens with zero attached hydrogens (tertiary/aromatic N) is 1. The van der Waals surface area contributed by atoms with E-state index in [2.05, 4.69) is 73.7 Å². The third-order valence-electron chi connectivity index (χ3n) is 5.25. The maximum Gasteiger partial charge on any atom is 0.192 e. The zero-order chi connectivity index (χ0) is 18.8. The molecule has 138 valence electrons. The first kappa shape index (κ1) is 21.4. The molecule has 0 amide bonds. The van der Waals surface area contributed by atoms with Crippen LogP contribution in [0.5, 0.6) is 0 Å². The van der Waals surface area contributed by atoms with E-state index >= 15 is 0 Å². The highest BCUT2D eigenvalue weighted by atomic mass is 28.4. The van der Waals surface area contributed by atoms with Crippen molar-refractivity contribution in [3.05, 3.63) is 35.9 Å². The zero-order valence-corrected chi connectivity index (χ0v) is 18.1. The highest BCUT2D eigenvalue weighted by Gasteiger charge is 2.41. The van der Waals surface area contributed by atoms with E-state index in [0.717, 1.165) is 5.56 Å². The molecule has 0 aromatic heterocycles. The lowest BCUT2D eigenvalue weighted by Gasteiger charge is -2.44. The second kappa shape index (κ2) is 7.69. The van der Waals surface area contributed by atoms with Gasteiger partial charge in [-0.15, -0.1) is 0 Å². The molecule has 0 saturated carbocycles. The van der Waals surface area contributed by atoms with Crippen molar-refractivity contribution < 1.29 is 9.63 Å². The Morgan fingerprint density at radius 3 is 1.96 bits per heavy atom. The molecule has 1 N–H and O–H groups in total. The van der Waals surface area contributed by atoms with Gasteiger partial charge in [0.1, 0.15) is 0 Å². The first-order valence-electron chi connectivity index (χ1n) is 8.97. The van der Waals surface area contributed by atoms with Crippen LogP contribution < -0.4 is 0 Å². The lowest BCUT2D eigenvalue weighted by molar-refractivity contribution is -0.213. The summed E-state index contributed by atoms with van der Waals surface area (Å²) in [5, 5.41) is 12.7. The van der Waals surface area contributed by atoms with Crippen molar-refractivity contribution in [2.24, 2.45) is 5.92 Å². The predicted octanol–water partition coefficient (Wildman–Crippen LogP) is 5.88. The van der Waals surface area contributed by atoms with Crippen LogP contribution in [-0.2, 0) is 4.43 Å². The number of hydroxylamine groups is 2. The second-order valence-corrected chi connectivity index (χ2v) is 14.1. The molecule has 0 heterocycles. The fourth-order valence-electron chi connectivity index (χ4n) is 2.47. The van der Waals surface area contributed by atoms with Gasteiger partial charge in [-0.25, -0.2) is 0 Å². The molecule has 1 aromatic rings. The first-order chi connectivity index (χ1) is 10.8. The Labute approximate surface area is 150 Å². The topological polar surface area (TPSA) is 32.7 Å². The summed E-state index contributed by atoms with van der Waals surface area (Å²) in [5.74, 6) is 0.296. The molecule has 4 heteroatoms. The first-order valence-corrected chi connectivity index (χ1v) is 11.9. The SMILES string of the molecule is CC(C)C(c1ccccc1)N(O)C(C)(C)CO[Si](C)(C)C(C)(C)C. The molecule has 0 saturated heterocycles. The van der Waals surface area contributed by atoms with Gasteiger partial charge in [0.15, 0.2) is 8.32 Å². The standard InChI is InChI=1S/C20H37NO2Si/c1-16(2)18(17-13-11-10-12-14-17)21(22)20(6,7)15-23-24(8,9)19(3,4)5/h10-14,16,18,22H,15H2,1-9H3. The molecule has 0 aliphatic carbocycles. The molecule has 0 aliphatic rings. The third-order valence-corrected chi connectivity index (χ3v) is 9.73. The van der Waals surface area contributed by atoms with Crippen molar-refractivity contribution in [3.63, 3.8) is 0 Å². The van der Waals surface area contributed by atoms with E-state index in [1.807, 2.05) is 18.2 Å². The van der Waals surface area contributed by atoms with Crippen LogP contribution in [0.4, 0.5) is 0 Å². The van der Waals surface area contributed by atoms with E-state index < -0.39 is 13.9 Å². The van der Waals surface area contributed by atoms with Crippen LogP contribution in [-0.4, -0.2) is 30.7 Å². The molecule has 1 rings (SSSR count). The molecular formula is C20H37NO2Si. The Hall–Kier alpha value is -0.683.